The average Bonchev–Trinajstić information content (AvgIpc) is 2.40. The molecule has 0 aromatic carbocycles. The van der Waals surface area contributed by atoms with Crippen molar-refractivity contribution in [1.29, 1.82) is 0 Å². The first kappa shape index (κ1) is 13.3. The topological polar surface area (TPSA) is 24.5 Å². The van der Waals surface area contributed by atoms with Crippen LogP contribution in [-0.2, 0) is 4.74 Å². The molecule has 1 N–H and O–H groups in total. The second kappa shape index (κ2) is 6.72. The van der Waals surface area contributed by atoms with Crippen molar-refractivity contribution in [3.05, 3.63) is 0 Å². The van der Waals surface area contributed by atoms with Crippen molar-refractivity contribution in [1.82, 2.24) is 10.2 Å². The molecule has 0 bridgehead atoms. The molecular weight excluding hydrogens is 212 g/mol. The van der Waals surface area contributed by atoms with E-state index in [0.717, 1.165) is 25.0 Å². The van der Waals surface area contributed by atoms with E-state index in [1.54, 1.807) is 0 Å². The van der Waals surface area contributed by atoms with E-state index in [2.05, 4.69) is 24.2 Å². The molecule has 0 spiro atoms. The van der Waals surface area contributed by atoms with Crippen LogP contribution in [0.25, 0.3) is 0 Å². The summed E-state index contributed by atoms with van der Waals surface area (Å²) in [5, 5.41) is 3.45. The molecule has 2 aliphatic heterocycles. The third kappa shape index (κ3) is 3.94. The van der Waals surface area contributed by atoms with Crippen molar-refractivity contribution >= 4 is 0 Å². The van der Waals surface area contributed by atoms with Crippen LogP contribution in [0, 0.1) is 5.92 Å². The van der Waals surface area contributed by atoms with Crippen LogP contribution in [-0.4, -0.2) is 50.3 Å². The van der Waals surface area contributed by atoms with E-state index in [4.69, 9.17) is 4.74 Å². The number of rotatable bonds is 4. The van der Waals surface area contributed by atoms with Crippen LogP contribution in [0.1, 0.15) is 39.0 Å². The van der Waals surface area contributed by atoms with Crippen LogP contribution >= 0.6 is 0 Å². The molecule has 2 unspecified atom stereocenters. The summed E-state index contributed by atoms with van der Waals surface area (Å²) in [5.74, 6) is 0.907. The lowest BCUT2D eigenvalue weighted by Crippen LogP contribution is -2.43. The fourth-order valence-corrected chi connectivity index (χ4v) is 3.17. The molecule has 2 heterocycles. The van der Waals surface area contributed by atoms with Gasteiger partial charge < -0.3 is 15.0 Å². The number of hydrogen-bond donors (Lipinski definition) is 1. The minimum atomic E-state index is 0.504. The molecule has 2 saturated heterocycles. The molecule has 0 aromatic heterocycles. The Labute approximate surface area is 106 Å². The molecule has 2 atom stereocenters. The Balaban J connectivity index is 1.75. The largest absolute Gasteiger partial charge is 0.378 e. The monoisotopic (exact) mass is 240 g/mol. The smallest absolute Gasteiger partial charge is 0.0587 e. The van der Waals surface area contributed by atoms with Crippen molar-refractivity contribution in [3.8, 4) is 0 Å². The number of nitrogens with one attached hydrogen (secondary N) is 1. The van der Waals surface area contributed by atoms with Gasteiger partial charge in [-0.05, 0) is 58.2 Å². The highest BCUT2D eigenvalue weighted by Crippen LogP contribution is 2.22. The molecule has 0 aliphatic carbocycles. The van der Waals surface area contributed by atoms with Gasteiger partial charge in [-0.15, -0.1) is 0 Å². The fourth-order valence-electron chi connectivity index (χ4n) is 3.17. The summed E-state index contributed by atoms with van der Waals surface area (Å²) in [6.07, 6.45) is 6.83. The van der Waals surface area contributed by atoms with Gasteiger partial charge in [0.15, 0.2) is 0 Å². The molecule has 17 heavy (non-hydrogen) atoms. The summed E-state index contributed by atoms with van der Waals surface area (Å²) in [7, 11) is 2.31. The second-order valence-electron chi connectivity index (χ2n) is 5.71. The van der Waals surface area contributed by atoms with Crippen LogP contribution < -0.4 is 5.32 Å². The van der Waals surface area contributed by atoms with E-state index < -0.39 is 0 Å². The minimum absolute atomic E-state index is 0.504. The zero-order valence-electron chi connectivity index (χ0n) is 11.5. The van der Waals surface area contributed by atoms with Crippen LogP contribution in [0.4, 0.5) is 0 Å². The first-order valence-corrected chi connectivity index (χ1v) is 7.32. The summed E-state index contributed by atoms with van der Waals surface area (Å²) in [6, 6.07) is 0.753. The van der Waals surface area contributed by atoms with Gasteiger partial charge in [0.05, 0.1) is 6.10 Å². The molecule has 3 heteroatoms. The molecule has 2 aliphatic rings. The van der Waals surface area contributed by atoms with Gasteiger partial charge in [-0.2, -0.15) is 0 Å². The Morgan fingerprint density at radius 3 is 2.71 bits per heavy atom. The van der Waals surface area contributed by atoms with Crippen molar-refractivity contribution in [3.63, 3.8) is 0 Å². The van der Waals surface area contributed by atoms with Crippen LogP contribution in [0.15, 0.2) is 0 Å². The SMILES string of the molecule is CCC1CC(N(C)CC2CCNCC2)CCO1. The quantitative estimate of drug-likeness (QED) is 0.812. The molecule has 0 amide bonds. The fraction of sp³-hybridized carbons (Fsp3) is 1.00. The molecule has 0 saturated carbocycles. The highest BCUT2D eigenvalue weighted by atomic mass is 16.5. The zero-order valence-corrected chi connectivity index (χ0v) is 11.5. The average molecular weight is 240 g/mol. The third-order valence-electron chi connectivity index (χ3n) is 4.42. The molecule has 3 nitrogen and oxygen atoms in total. The number of nitrogens with zero attached hydrogens (tertiary/aromatic N) is 1. The van der Waals surface area contributed by atoms with E-state index in [9.17, 15) is 0 Å². The maximum Gasteiger partial charge on any atom is 0.0587 e. The van der Waals surface area contributed by atoms with Gasteiger partial charge in [0.1, 0.15) is 0 Å². The van der Waals surface area contributed by atoms with E-state index in [1.807, 2.05) is 0 Å². The second-order valence-corrected chi connectivity index (χ2v) is 5.71. The Hall–Kier alpha value is -0.120. The molecule has 0 radical (unpaired) electrons. The van der Waals surface area contributed by atoms with E-state index in [-0.39, 0.29) is 0 Å². The van der Waals surface area contributed by atoms with Gasteiger partial charge in [-0.3, -0.25) is 0 Å². The lowest BCUT2D eigenvalue weighted by Gasteiger charge is -2.37. The van der Waals surface area contributed by atoms with E-state index in [1.165, 1.54) is 45.3 Å². The minimum Gasteiger partial charge on any atom is -0.378 e. The Kier molecular flexibility index (Phi) is 5.26. The summed E-state index contributed by atoms with van der Waals surface area (Å²) in [6.45, 7) is 6.90. The number of ether oxygens (including phenoxy) is 1. The van der Waals surface area contributed by atoms with Crippen LogP contribution in [0.5, 0.6) is 0 Å². The maximum absolute atomic E-state index is 5.76. The van der Waals surface area contributed by atoms with Gasteiger partial charge >= 0.3 is 0 Å². The van der Waals surface area contributed by atoms with Crippen molar-refractivity contribution in [2.24, 2.45) is 5.92 Å². The van der Waals surface area contributed by atoms with E-state index in [0.29, 0.717) is 6.10 Å². The van der Waals surface area contributed by atoms with Crippen molar-refractivity contribution in [2.45, 2.75) is 51.2 Å². The van der Waals surface area contributed by atoms with Crippen LogP contribution in [0.3, 0.4) is 0 Å². The molecule has 100 valence electrons. The molecule has 0 aromatic rings. The van der Waals surface area contributed by atoms with E-state index >= 15 is 0 Å². The van der Waals surface area contributed by atoms with Crippen molar-refractivity contribution in [2.75, 3.05) is 33.3 Å². The maximum atomic E-state index is 5.76. The lowest BCUT2D eigenvalue weighted by molar-refractivity contribution is -0.0261. The summed E-state index contributed by atoms with van der Waals surface area (Å²) in [4.78, 5) is 2.60. The zero-order chi connectivity index (χ0) is 12.1. The normalized spacial score (nSPS) is 31.9. The molecule has 2 fully saturated rings. The standard InChI is InChI=1S/C14H28N2O/c1-3-14-10-13(6-9-17-14)16(2)11-12-4-7-15-8-5-12/h12-15H,3-11H2,1-2H3. The lowest BCUT2D eigenvalue weighted by atomic mass is 9.95. The highest BCUT2D eigenvalue weighted by molar-refractivity contribution is 4.80. The predicted molar refractivity (Wildman–Crippen MR) is 71.3 cm³/mol. The molecular formula is C14H28N2O. The number of piperidine rings is 1. The first-order chi connectivity index (χ1) is 8.29. The highest BCUT2D eigenvalue weighted by Gasteiger charge is 2.26. The van der Waals surface area contributed by atoms with Gasteiger partial charge in [-0.1, -0.05) is 6.92 Å². The third-order valence-corrected chi connectivity index (χ3v) is 4.42. The van der Waals surface area contributed by atoms with Crippen molar-refractivity contribution < 1.29 is 4.74 Å². The predicted octanol–water partition coefficient (Wildman–Crippen LogP) is 1.88. The summed E-state index contributed by atoms with van der Waals surface area (Å²) >= 11 is 0. The van der Waals surface area contributed by atoms with Gasteiger partial charge in [0.2, 0.25) is 0 Å². The van der Waals surface area contributed by atoms with Gasteiger partial charge in [0.25, 0.3) is 0 Å². The Morgan fingerprint density at radius 1 is 1.24 bits per heavy atom. The molecule has 2 rings (SSSR count). The summed E-state index contributed by atoms with van der Waals surface area (Å²) in [5.41, 5.74) is 0. The summed E-state index contributed by atoms with van der Waals surface area (Å²) < 4.78 is 5.76. The Morgan fingerprint density at radius 2 is 2.00 bits per heavy atom. The van der Waals surface area contributed by atoms with Crippen LogP contribution in [0.2, 0.25) is 0 Å². The number of hydrogen-bond acceptors (Lipinski definition) is 3. The first-order valence-electron chi connectivity index (χ1n) is 7.32. The Bertz CT molecular complexity index is 216. The van der Waals surface area contributed by atoms with Gasteiger partial charge in [0, 0.05) is 19.2 Å². The van der Waals surface area contributed by atoms with Gasteiger partial charge in [-0.25, -0.2) is 0 Å².